The van der Waals surface area contributed by atoms with Crippen LogP contribution in [0.5, 0.6) is 5.75 Å². The van der Waals surface area contributed by atoms with Gasteiger partial charge < -0.3 is 14.6 Å². The predicted octanol–water partition coefficient (Wildman–Crippen LogP) is 3.32. The second kappa shape index (κ2) is 6.23. The molecule has 108 valence electrons. The van der Waals surface area contributed by atoms with E-state index in [0.29, 0.717) is 11.1 Å². The summed E-state index contributed by atoms with van der Waals surface area (Å²) in [5.74, 6) is -0.746. The van der Waals surface area contributed by atoms with E-state index in [-0.39, 0.29) is 11.4 Å². The average Bonchev–Trinajstić information content (AvgIpc) is 2.90. The lowest BCUT2D eigenvalue weighted by Crippen LogP contribution is -2.01. The van der Waals surface area contributed by atoms with Gasteiger partial charge >= 0.3 is 5.63 Å². The number of fused-ring (bicyclic) bond motifs is 1. The number of thiophene rings is 1. The average molecular weight is 304 g/mol. The molecule has 0 radical (unpaired) electrons. The Morgan fingerprint density at radius 2 is 1.95 bits per heavy atom. The van der Waals surface area contributed by atoms with Gasteiger partial charge in [-0.2, -0.15) is 11.3 Å². The highest BCUT2D eigenvalue weighted by molar-refractivity contribution is 7.08. The topological polar surface area (TPSA) is 87.7 Å². The van der Waals surface area contributed by atoms with E-state index < -0.39 is 5.97 Å². The van der Waals surface area contributed by atoms with Gasteiger partial charge in [0.05, 0.1) is 5.56 Å². The van der Waals surface area contributed by atoms with Gasteiger partial charge in [-0.1, -0.05) is 0 Å². The predicted molar refractivity (Wildman–Crippen MR) is 80.8 cm³/mol. The molecule has 0 saturated carbocycles. The van der Waals surface area contributed by atoms with Crippen molar-refractivity contribution in [3.63, 3.8) is 0 Å². The maximum absolute atomic E-state index is 11.8. The number of carboxylic acids is 1. The van der Waals surface area contributed by atoms with Crippen molar-refractivity contribution in [1.29, 1.82) is 0 Å². The summed E-state index contributed by atoms with van der Waals surface area (Å²) < 4.78 is 5.19. The van der Waals surface area contributed by atoms with Crippen LogP contribution in [0.15, 0.2) is 50.3 Å². The number of aliphatic carboxylic acids is 1. The minimum atomic E-state index is -0.833. The lowest BCUT2D eigenvalue weighted by Gasteiger charge is -2.00. The Labute approximate surface area is 123 Å². The molecule has 0 saturated heterocycles. The number of carboxylic acid groups (broad SMARTS) is 1. The van der Waals surface area contributed by atoms with Crippen molar-refractivity contribution >= 4 is 28.3 Å². The van der Waals surface area contributed by atoms with E-state index in [1.807, 2.05) is 16.8 Å². The minimum Gasteiger partial charge on any atom is -0.508 e. The number of hydrogen-bond acceptors (Lipinski definition) is 5. The maximum atomic E-state index is 11.8. The van der Waals surface area contributed by atoms with Gasteiger partial charge in [0.15, 0.2) is 0 Å². The molecule has 5 nitrogen and oxygen atoms in total. The van der Waals surface area contributed by atoms with Crippen LogP contribution in [0.25, 0.3) is 22.1 Å². The van der Waals surface area contributed by atoms with E-state index in [1.54, 1.807) is 18.2 Å². The molecule has 0 amide bonds. The van der Waals surface area contributed by atoms with Crippen LogP contribution in [-0.2, 0) is 4.79 Å². The van der Waals surface area contributed by atoms with E-state index >= 15 is 0 Å². The molecule has 3 aromatic rings. The van der Waals surface area contributed by atoms with Crippen molar-refractivity contribution in [2.75, 3.05) is 0 Å². The number of aromatic hydroxyl groups is 1. The van der Waals surface area contributed by atoms with Crippen molar-refractivity contribution < 1.29 is 19.4 Å². The first-order chi connectivity index (χ1) is 9.97. The van der Waals surface area contributed by atoms with Crippen molar-refractivity contribution in [3.05, 3.63) is 51.5 Å². The molecule has 0 fully saturated rings. The second-order valence-electron chi connectivity index (χ2n) is 4.20. The summed E-state index contributed by atoms with van der Waals surface area (Å²) in [6, 6.07) is 8.39. The van der Waals surface area contributed by atoms with Crippen molar-refractivity contribution in [1.82, 2.24) is 0 Å². The molecule has 0 bridgehead atoms. The summed E-state index contributed by atoms with van der Waals surface area (Å²) in [4.78, 5) is 20.8. The number of phenols is 1. The number of phenolic OH excluding ortho intramolecular Hbond substituents is 1. The van der Waals surface area contributed by atoms with Crippen LogP contribution < -0.4 is 5.63 Å². The van der Waals surface area contributed by atoms with Gasteiger partial charge in [0.25, 0.3) is 5.97 Å². The Balaban J connectivity index is 0.000000361. The summed E-state index contributed by atoms with van der Waals surface area (Å²) in [6.45, 7) is 1.08. The highest BCUT2D eigenvalue weighted by Gasteiger charge is 2.08. The summed E-state index contributed by atoms with van der Waals surface area (Å²) >= 11 is 1.53. The molecule has 3 rings (SSSR count). The smallest absolute Gasteiger partial charge is 0.344 e. The van der Waals surface area contributed by atoms with Gasteiger partial charge in [0.2, 0.25) is 0 Å². The number of rotatable bonds is 1. The zero-order chi connectivity index (χ0) is 15.4. The van der Waals surface area contributed by atoms with Crippen LogP contribution in [0.1, 0.15) is 6.92 Å². The molecule has 21 heavy (non-hydrogen) atoms. The van der Waals surface area contributed by atoms with Crippen LogP contribution in [-0.4, -0.2) is 16.2 Å². The molecule has 0 spiro atoms. The largest absolute Gasteiger partial charge is 0.508 e. The molecular formula is C15H12O5S. The Morgan fingerprint density at radius 3 is 2.57 bits per heavy atom. The number of benzene rings is 1. The highest BCUT2D eigenvalue weighted by atomic mass is 32.1. The zero-order valence-corrected chi connectivity index (χ0v) is 11.9. The highest BCUT2D eigenvalue weighted by Crippen LogP contribution is 2.24. The zero-order valence-electron chi connectivity index (χ0n) is 11.1. The van der Waals surface area contributed by atoms with Gasteiger partial charge in [-0.15, -0.1) is 0 Å². The third kappa shape index (κ3) is 3.70. The molecule has 2 aromatic heterocycles. The first-order valence-corrected chi connectivity index (χ1v) is 6.90. The van der Waals surface area contributed by atoms with E-state index in [0.717, 1.165) is 17.9 Å². The lowest BCUT2D eigenvalue weighted by molar-refractivity contribution is -0.134. The van der Waals surface area contributed by atoms with Crippen molar-refractivity contribution in [2.45, 2.75) is 6.92 Å². The molecule has 0 aliphatic carbocycles. The lowest BCUT2D eigenvalue weighted by atomic mass is 10.1. The van der Waals surface area contributed by atoms with Gasteiger partial charge in [0, 0.05) is 18.4 Å². The van der Waals surface area contributed by atoms with Crippen LogP contribution in [0.3, 0.4) is 0 Å². The summed E-state index contributed by atoms with van der Waals surface area (Å²) in [7, 11) is 0. The van der Waals surface area contributed by atoms with Crippen molar-refractivity contribution in [2.24, 2.45) is 0 Å². The van der Waals surface area contributed by atoms with E-state index in [9.17, 15) is 9.90 Å². The fraction of sp³-hybridized carbons (Fsp3) is 0.0667. The Kier molecular flexibility index (Phi) is 4.39. The van der Waals surface area contributed by atoms with E-state index in [1.165, 1.54) is 17.4 Å². The Hall–Kier alpha value is -2.60. The van der Waals surface area contributed by atoms with Gasteiger partial charge in [-0.05, 0) is 40.6 Å². The van der Waals surface area contributed by atoms with E-state index in [4.69, 9.17) is 14.3 Å². The molecule has 0 aliphatic heterocycles. The summed E-state index contributed by atoms with van der Waals surface area (Å²) in [6.07, 6.45) is 0. The van der Waals surface area contributed by atoms with Gasteiger partial charge in [0.1, 0.15) is 11.3 Å². The third-order valence-electron chi connectivity index (χ3n) is 2.55. The molecule has 0 unspecified atom stereocenters. The molecule has 2 heterocycles. The Bertz CT molecular complexity index is 814. The summed E-state index contributed by atoms with van der Waals surface area (Å²) in [5, 5.41) is 21.3. The fourth-order valence-electron chi connectivity index (χ4n) is 1.72. The standard InChI is InChI=1S/C13H8O3S.C2H4O2/c14-10-2-1-8-5-11(9-3-4-17-7-9)13(15)16-12(8)6-10;1-2(3)4/h1-7,14H;1H3,(H,3,4). The second-order valence-corrected chi connectivity index (χ2v) is 4.98. The molecule has 6 heteroatoms. The van der Waals surface area contributed by atoms with Crippen LogP contribution in [0.2, 0.25) is 0 Å². The first-order valence-electron chi connectivity index (χ1n) is 5.96. The van der Waals surface area contributed by atoms with Crippen molar-refractivity contribution in [3.8, 4) is 16.9 Å². The fourth-order valence-corrected chi connectivity index (χ4v) is 2.37. The normalized spacial score (nSPS) is 9.95. The molecule has 0 aliphatic rings. The number of carbonyl (C=O) groups is 1. The Morgan fingerprint density at radius 1 is 1.24 bits per heavy atom. The minimum absolute atomic E-state index is 0.0870. The van der Waals surface area contributed by atoms with Crippen LogP contribution in [0, 0.1) is 0 Å². The van der Waals surface area contributed by atoms with Crippen LogP contribution in [0.4, 0.5) is 0 Å². The van der Waals surface area contributed by atoms with Gasteiger partial charge in [-0.3, -0.25) is 4.79 Å². The van der Waals surface area contributed by atoms with E-state index in [2.05, 4.69) is 0 Å². The first kappa shape index (κ1) is 14.8. The van der Waals surface area contributed by atoms with Gasteiger partial charge in [-0.25, -0.2) is 4.79 Å². The third-order valence-corrected chi connectivity index (χ3v) is 3.23. The maximum Gasteiger partial charge on any atom is 0.344 e. The number of hydrogen-bond donors (Lipinski definition) is 2. The molecular weight excluding hydrogens is 292 g/mol. The SMILES string of the molecule is CC(=O)O.O=c1oc2cc(O)ccc2cc1-c1ccsc1. The van der Waals surface area contributed by atoms with Crippen LogP contribution >= 0.6 is 11.3 Å². The summed E-state index contributed by atoms with van der Waals surface area (Å²) in [5.41, 5.74) is 1.42. The molecule has 1 aromatic carbocycles. The molecule has 0 atom stereocenters. The molecule has 2 N–H and O–H groups in total. The monoisotopic (exact) mass is 304 g/mol. The quantitative estimate of drug-likeness (QED) is 0.673.